The zero-order chi connectivity index (χ0) is 21.9. The van der Waals surface area contributed by atoms with Crippen molar-refractivity contribution in [3.63, 3.8) is 0 Å². The highest BCUT2D eigenvalue weighted by atomic mass is 35.5. The van der Waals surface area contributed by atoms with E-state index in [1.165, 1.54) is 16.4 Å². The Morgan fingerprint density at radius 2 is 1.53 bits per heavy atom. The van der Waals surface area contributed by atoms with Crippen molar-refractivity contribution < 1.29 is 13.2 Å². The first-order chi connectivity index (χ1) is 14.2. The zero-order valence-corrected chi connectivity index (χ0v) is 18.9. The molecule has 0 heterocycles. The molecule has 0 aliphatic heterocycles. The smallest absolute Gasteiger partial charge is 0.255 e. The average molecular weight is 484 g/mol. The SMILES string of the molecule is CS(=O)(=O)N(Cc1ccccc1Cl)c1ccc(C(=O)Nc2cccc(Cl)c2Cl)cc1. The van der Waals surface area contributed by atoms with Crippen LogP contribution in [0, 0.1) is 0 Å². The molecule has 0 radical (unpaired) electrons. The summed E-state index contributed by atoms with van der Waals surface area (Å²) in [7, 11) is -3.58. The van der Waals surface area contributed by atoms with Gasteiger partial charge in [0.25, 0.3) is 5.91 Å². The van der Waals surface area contributed by atoms with Crippen LogP contribution in [0.5, 0.6) is 0 Å². The summed E-state index contributed by atoms with van der Waals surface area (Å²) in [5, 5.41) is 3.73. The summed E-state index contributed by atoms with van der Waals surface area (Å²) < 4.78 is 25.9. The molecular formula is C21H17Cl3N2O3S. The van der Waals surface area contributed by atoms with E-state index in [2.05, 4.69) is 5.32 Å². The summed E-state index contributed by atoms with van der Waals surface area (Å²) in [5.74, 6) is -0.400. The largest absolute Gasteiger partial charge is 0.321 e. The third kappa shape index (κ3) is 5.26. The van der Waals surface area contributed by atoms with Crippen LogP contribution >= 0.6 is 34.8 Å². The van der Waals surface area contributed by atoms with Crippen LogP contribution in [0.1, 0.15) is 15.9 Å². The van der Waals surface area contributed by atoms with Gasteiger partial charge in [0.15, 0.2) is 0 Å². The number of anilines is 2. The Hall–Kier alpha value is -2.25. The number of carbonyl (C=O) groups excluding carboxylic acids is 1. The maximum atomic E-state index is 12.5. The number of carbonyl (C=O) groups is 1. The lowest BCUT2D eigenvalue weighted by Crippen LogP contribution is -2.29. The number of amides is 1. The highest BCUT2D eigenvalue weighted by molar-refractivity contribution is 7.92. The summed E-state index contributed by atoms with van der Waals surface area (Å²) in [6, 6.07) is 18.1. The number of rotatable bonds is 6. The molecule has 0 aliphatic rings. The molecule has 0 saturated carbocycles. The van der Waals surface area contributed by atoms with Crippen LogP contribution in [0.15, 0.2) is 66.7 Å². The van der Waals surface area contributed by atoms with Crippen molar-refractivity contribution in [2.45, 2.75) is 6.54 Å². The number of nitrogens with zero attached hydrogens (tertiary/aromatic N) is 1. The molecule has 9 heteroatoms. The Morgan fingerprint density at radius 1 is 0.900 bits per heavy atom. The molecule has 30 heavy (non-hydrogen) atoms. The van der Waals surface area contributed by atoms with E-state index in [9.17, 15) is 13.2 Å². The van der Waals surface area contributed by atoms with Crippen molar-refractivity contribution in [1.82, 2.24) is 0 Å². The van der Waals surface area contributed by atoms with E-state index in [0.29, 0.717) is 32.5 Å². The Morgan fingerprint density at radius 3 is 2.17 bits per heavy atom. The van der Waals surface area contributed by atoms with Gasteiger partial charge in [-0.25, -0.2) is 8.42 Å². The quantitative estimate of drug-likeness (QED) is 0.477. The molecule has 0 atom stereocenters. The van der Waals surface area contributed by atoms with Crippen molar-refractivity contribution >= 4 is 62.1 Å². The van der Waals surface area contributed by atoms with E-state index in [1.807, 2.05) is 0 Å². The van der Waals surface area contributed by atoms with E-state index in [1.54, 1.807) is 54.6 Å². The minimum atomic E-state index is -3.58. The molecule has 0 fully saturated rings. The van der Waals surface area contributed by atoms with E-state index in [4.69, 9.17) is 34.8 Å². The van der Waals surface area contributed by atoms with Gasteiger partial charge in [0.1, 0.15) is 0 Å². The molecule has 3 rings (SSSR count). The summed E-state index contributed by atoms with van der Waals surface area (Å²) in [5.41, 5.74) is 1.80. The standard InChI is InChI=1S/C21H17Cl3N2O3S/c1-30(28,29)26(13-15-5-2-3-6-17(15)22)16-11-9-14(10-12-16)21(27)25-19-8-4-7-18(23)20(19)24/h2-12H,13H2,1H3,(H,25,27). The van der Waals surface area contributed by atoms with Crippen LogP contribution in [0.3, 0.4) is 0 Å². The van der Waals surface area contributed by atoms with Gasteiger partial charge in [0.05, 0.1) is 34.2 Å². The normalized spacial score (nSPS) is 11.2. The molecule has 0 spiro atoms. The van der Waals surface area contributed by atoms with Crippen molar-refractivity contribution in [3.8, 4) is 0 Å². The van der Waals surface area contributed by atoms with Gasteiger partial charge in [0.2, 0.25) is 10.0 Å². The second kappa shape index (κ2) is 9.27. The molecule has 156 valence electrons. The van der Waals surface area contributed by atoms with Crippen LogP contribution < -0.4 is 9.62 Å². The van der Waals surface area contributed by atoms with Crippen molar-refractivity contribution in [2.75, 3.05) is 15.9 Å². The Labute approximate surface area is 190 Å². The second-order valence-corrected chi connectivity index (χ2v) is 9.56. The molecule has 0 saturated heterocycles. The number of hydrogen-bond donors (Lipinski definition) is 1. The predicted octanol–water partition coefficient (Wildman–Crippen LogP) is 5.87. The van der Waals surface area contributed by atoms with Crippen LogP contribution in [0.4, 0.5) is 11.4 Å². The minimum absolute atomic E-state index is 0.0716. The number of halogens is 3. The Bertz CT molecular complexity index is 1180. The number of hydrogen-bond acceptors (Lipinski definition) is 3. The molecule has 0 aromatic heterocycles. The first kappa shape index (κ1) is 22.4. The van der Waals surface area contributed by atoms with Gasteiger partial charge in [-0.3, -0.25) is 9.10 Å². The van der Waals surface area contributed by atoms with Crippen molar-refractivity contribution in [3.05, 3.63) is 92.9 Å². The third-order valence-corrected chi connectivity index (χ3v) is 6.62. The first-order valence-electron chi connectivity index (χ1n) is 8.73. The average Bonchev–Trinajstić information content (AvgIpc) is 2.70. The fourth-order valence-electron chi connectivity index (χ4n) is 2.76. The van der Waals surface area contributed by atoms with Crippen LogP contribution in [-0.4, -0.2) is 20.6 Å². The topological polar surface area (TPSA) is 66.5 Å². The van der Waals surface area contributed by atoms with Gasteiger partial charge >= 0.3 is 0 Å². The van der Waals surface area contributed by atoms with Gasteiger partial charge < -0.3 is 5.32 Å². The van der Waals surface area contributed by atoms with Gasteiger partial charge in [-0.1, -0.05) is 59.1 Å². The van der Waals surface area contributed by atoms with E-state index in [0.717, 1.165) is 6.26 Å². The molecule has 0 aliphatic carbocycles. The molecule has 0 unspecified atom stereocenters. The summed E-state index contributed by atoms with van der Waals surface area (Å²) in [6.07, 6.45) is 1.12. The maximum Gasteiger partial charge on any atom is 0.255 e. The lowest BCUT2D eigenvalue weighted by molar-refractivity contribution is 0.102. The molecule has 3 aromatic rings. The second-order valence-electron chi connectivity index (χ2n) is 6.46. The maximum absolute atomic E-state index is 12.5. The Balaban J connectivity index is 1.84. The molecule has 5 nitrogen and oxygen atoms in total. The van der Waals surface area contributed by atoms with Crippen molar-refractivity contribution in [1.29, 1.82) is 0 Å². The lowest BCUT2D eigenvalue weighted by Gasteiger charge is -2.23. The van der Waals surface area contributed by atoms with Gasteiger partial charge in [-0.15, -0.1) is 0 Å². The fraction of sp³-hybridized carbons (Fsp3) is 0.0952. The van der Waals surface area contributed by atoms with E-state index < -0.39 is 15.9 Å². The zero-order valence-electron chi connectivity index (χ0n) is 15.8. The number of sulfonamides is 1. The monoisotopic (exact) mass is 482 g/mol. The van der Waals surface area contributed by atoms with Gasteiger partial charge in [-0.05, 0) is 48.0 Å². The van der Waals surface area contributed by atoms with Crippen LogP contribution in [0.2, 0.25) is 15.1 Å². The highest BCUT2D eigenvalue weighted by Crippen LogP contribution is 2.30. The lowest BCUT2D eigenvalue weighted by atomic mass is 10.1. The minimum Gasteiger partial charge on any atom is -0.321 e. The first-order valence-corrected chi connectivity index (χ1v) is 11.7. The molecule has 0 bridgehead atoms. The van der Waals surface area contributed by atoms with E-state index >= 15 is 0 Å². The Kier molecular flexibility index (Phi) is 6.93. The molecule has 1 amide bonds. The number of nitrogens with one attached hydrogen (secondary N) is 1. The van der Waals surface area contributed by atoms with Crippen LogP contribution in [0.25, 0.3) is 0 Å². The van der Waals surface area contributed by atoms with Gasteiger partial charge in [-0.2, -0.15) is 0 Å². The predicted molar refractivity (Wildman–Crippen MR) is 123 cm³/mol. The highest BCUT2D eigenvalue weighted by Gasteiger charge is 2.20. The van der Waals surface area contributed by atoms with Crippen molar-refractivity contribution in [2.24, 2.45) is 0 Å². The summed E-state index contributed by atoms with van der Waals surface area (Å²) in [4.78, 5) is 12.5. The molecule has 1 N–H and O–H groups in total. The van der Waals surface area contributed by atoms with E-state index in [-0.39, 0.29) is 11.6 Å². The molecular weight excluding hydrogens is 467 g/mol. The third-order valence-electron chi connectivity index (χ3n) is 4.29. The molecule has 3 aromatic carbocycles. The summed E-state index contributed by atoms with van der Waals surface area (Å²) >= 11 is 18.2. The van der Waals surface area contributed by atoms with Crippen LogP contribution in [-0.2, 0) is 16.6 Å². The fourth-order valence-corrected chi connectivity index (χ4v) is 4.18. The van der Waals surface area contributed by atoms with Gasteiger partial charge in [0, 0.05) is 10.6 Å². The number of benzene rings is 3. The summed E-state index contributed by atoms with van der Waals surface area (Å²) in [6.45, 7) is 0.0716.